The number of hydrogen-bond acceptors (Lipinski definition) is 2. The van der Waals surface area contributed by atoms with E-state index in [-0.39, 0.29) is 18.0 Å². The highest BCUT2D eigenvalue weighted by atomic mass is 19.1. The van der Waals surface area contributed by atoms with Crippen molar-refractivity contribution in [3.63, 3.8) is 0 Å². The molecule has 0 saturated heterocycles. The summed E-state index contributed by atoms with van der Waals surface area (Å²) in [6, 6.07) is 4.28. The molecule has 0 bridgehead atoms. The molecule has 0 aliphatic heterocycles. The van der Waals surface area contributed by atoms with E-state index >= 15 is 0 Å². The molecule has 3 N–H and O–H groups in total. The molecule has 0 radical (unpaired) electrons. The van der Waals surface area contributed by atoms with E-state index in [1.165, 1.54) is 12.1 Å². The van der Waals surface area contributed by atoms with Crippen LogP contribution >= 0.6 is 0 Å². The topological polar surface area (TPSA) is 63.3 Å². The standard InChI is InChI=1S/C10H12FNO2/c1-6(4-10(13)14)7-2-3-8(11)9(12)5-7/h2-3,5-6H,4,12H2,1H3,(H,13,14)/t6-/m1/s1. The average Bonchev–Trinajstić information content (AvgIpc) is 2.08. The molecule has 0 heterocycles. The third-order valence-electron chi connectivity index (χ3n) is 2.07. The van der Waals surface area contributed by atoms with Gasteiger partial charge < -0.3 is 10.8 Å². The number of rotatable bonds is 3. The number of aliphatic carboxylic acids is 1. The van der Waals surface area contributed by atoms with Crippen LogP contribution in [0.25, 0.3) is 0 Å². The smallest absolute Gasteiger partial charge is 0.303 e. The zero-order valence-electron chi connectivity index (χ0n) is 7.83. The van der Waals surface area contributed by atoms with Crippen LogP contribution in [-0.4, -0.2) is 11.1 Å². The van der Waals surface area contributed by atoms with Gasteiger partial charge in [-0.1, -0.05) is 13.0 Å². The first kappa shape index (κ1) is 10.5. The monoisotopic (exact) mass is 197 g/mol. The summed E-state index contributed by atoms with van der Waals surface area (Å²) in [5.74, 6) is -1.51. The summed E-state index contributed by atoms with van der Waals surface area (Å²) in [6.07, 6.45) is 0.0189. The second kappa shape index (κ2) is 4.09. The van der Waals surface area contributed by atoms with Crippen LogP contribution in [0.4, 0.5) is 10.1 Å². The van der Waals surface area contributed by atoms with Crippen molar-refractivity contribution in [3.8, 4) is 0 Å². The molecule has 1 aromatic carbocycles. The van der Waals surface area contributed by atoms with Crippen molar-refractivity contribution in [3.05, 3.63) is 29.6 Å². The normalized spacial score (nSPS) is 12.4. The fourth-order valence-electron chi connectivity index (χ4n) is 1.25. The van der Waals surface area contributed by atoms with Gasteiger partial charge in [0, 0.05) is 0 Å². The third kappa shape index (κ3) is 2.45. The van der Waals surface area contributed by atoms with E-state index in [4.69, 9.17) is 10.8 Å². The minimum atomic E-state index is -0.875. The largest absolute Gasteiger partial charge is 0.481 e. The van der Waals surface area contributed by atoms with Gasteiger partial charge in [-0.3, -0.25) is 4.79 Å². The van der Waals surface area contributed by atoms with Gasteiger partial charge >= 0.3 is 5.97 Å². The summed E-state index contributed by atoms with van der Waals surface area (Å²) in [5, 5.41) is 8.56. The van der Waals surface area contributed by atoms with Gasteiger partial charge in [0.25, 0.3) is 0 Å². The van der Waals surface area contributed by atoms with Crippen LogP contribution in [0.1, 0.15) is 24.8 Å². The van der Waals surface area contributed by atoms with Gasteiger partial charge in [-0.25, -0.2) is 4.39 Å². The zero-order valence-corrected chi connectivity index (χ0v) is 7.83. The Morgan fingerprint density at radius 2 is 2.29 bits per heavy atom. The number of carboxylic acid groups (broad SMARTS) is 1. The number of hydrogen-bond donors (Lipinski definition) is 2. The lowest BCUT2D eigenvalue weighted by atomic mass is 9.97. The number of carboxylic acids is 1. The summed E-state index contributed by atoms with van der Waals surface area (Å²) in [7, 11) is 0. The summed E-state index contributed by atoms with van der Waals surface area (Å²) in [4.78, 5) is 10.4. The Labute approximate surface area is 81.4 Å². The van der Waals surface area contributed by atoms with Gasteiger partial charge in [0.15, 0.2) is 0 Å². The average molecular weight is 197 g/mol. The highest BCUT2D eigenvalue weighted by Crippen LogP contribution is 2.22. The molecule has 0 saturated carbocycles. The van der Waals surface area contributed by atoms with Gasteiger partial charge in [-0.05, 0) is 23.6 Å². The quantitative estimate of drug-likeness (QED) is 0.728. The molecule has 0 spiro atoms. The van der Waals surface area contributed by atoms with Gasteiger partial charge in [-0.2, -0.15) is 0 Å². The van der Waals surface area contributed by atoms with Crippen LogP contribution in [0, 0.1) is 5.82 Å². The van der Waals surface area contributed by atoms with E-state index in [1.807, 2.05) is 0 Å². The summed E-state index contributed by atoms with van der Waals surface area (Å²) in [6.45, 7) is 1.76. The molecule has 0 aliphatic carbocycles. The molecular formula is C10H12FNO2. The minimum Gasteiger partial charge on any atom is -0.481 e. The lowest BCUT2D eigenvalue weighted by molar-refractivity contribution is -0.137. The van der Waals surface area contributed by atoms with E-state index in [9.17, 15) is 9.18 Å². The Morgan fingerprint density at radius 1 is 1.64 bits per heavy atom. The lowest BCUT2D eigenvalue weighted by Crippen LogP contribution is -2.03. The van der Waals surface area contributed by atoms with Gasteiger partial charge in [0.05, 0.1) is 12.1 Å². The Balaban J connectivity index is 2.85. The highest BCUT2D eigenvalue weighted by molar-refractivity contribution is 5.68. The summed E-state index contributed by atoms with van der Waals surface area (Å²) in [5.41, 5.74) is 6.16. The second-order valence-corrected chi connectivity index (χ2v) is 3.28. The molecule has 0 aromatic heterocycles. The SMILES string of the molecule is C[C@H](CC(=O)O)c1ccc(F)c(N)c1. The van der Waals surface area contributed by atoms with Crippen LogP contribution < -0.4 is 5.73 Å². The van der Waals surface area contributed by atoms with Gasteiger partial charge in [-0.15, -0.1) is 0 Å². The number of halogens is 1. The zero-order chi connectivity index (χ0) is 10.7. The van der Waals surface area contributed by atoms with E-state index in [1.54, 1.807) is 13.0 Å². The molecule has 0 amide bonds. The molecule has 3 nitrogen and oxygen atoms in total. The predicted octanol–water partition coefficient (Wildman–Crippen LogP) is 1.99. The lowest BCUT2D eigenvalue weighted by Gasteiger charge is -2.09. The first-order valence-corrected chi connectivity index (χ1v) is 4.27. The first-order chi connectivity index (χ1) is 6.50. The Morgan fingerprint density at radius 3 is 2.79 bits per heavy atom. The van der Waals surface area contributed by atoms with Crippen molar-refractivity contribution in [2.45, 2.75) is 19.3 Å². The van der Waals surface area contributed by atoms with Crippen molar-refractivity contribution >= 4 is 11.7 Å². The van der Waals surface area contributed by atoms with Crippen molar-refractivity contribution < 1.29 is 14.3 Å². The van der Waals surface area contributed by atoms with E-state index in [0.29, 0.717) is 0 Å². The van der Waals surface area contributed by atoms with Crippen LogP contribution in [-0.2, 0) is 4.79 Å². The Bertz CT molecular complexity index is 352. The van der Waals surface area contributed by atoms with E-state index in [2.05, 4.69) is 0 Å². The van der Waals surface area contributed by atoms with Crippen molar-refractivity contribution in [2.75, 3.05) is 5.73 Å². The highest BCUT2D eigenvalue weighted by Gasteiger charge is 2.11. The molecule has 1 aromatic rings. The van der Waals surface area contributed by atoms with Crippen molar-refractivity contribution in [1.29, 1.82) is 0 Å². The number of anilines is 1. The summed E-state index contributed by atoms with van der Waals surface area (Å²) < 4.78 is 12.8. The van der Waals surface area contributed by atoms with E-state index in [0.717, 1.165) is 5.56 Å². The molecule has 0 fully saturated rings. The minimum absolute atomic E-state index is 0.0189. The van der Waals surface area contributed by atoms with E-state index < -0.39 is 11.8 Å². The molecule has 0 unspecified atom stereocenters. The Kier molecular flexibility index (Phi) is 3.06. The second-order valence-electron chi connectivity index (χ2n) is 3.28. The maximum absolute atomic E-state index is 12.8. The molecule has 4 heteroatoms. The molecule has 14 heavy (non-hydrogen) atoms. The van der Waals surface area contributed by atoms with Crippen molar-refractivity contribution in [2.24, 2.45) is 0 Å². The fourth-order valence-corrected chi connectivity index (χ4v) is 1.25. The van der Waals surface area contributed by atoms with Gasteiger partial charge in [0.2, 0.25) is 0 Å². The molecule has 1 atom stereocenters. The van der Waals surface area contributed by atoms with Crippen LogP contribution in [0.2, 0.25) is 0 Å². The van der Waals surface area contributed by atoms with Crippen molar-refractivity contribution in [1.82, 2.24) is 0 Å². The number of nitrogens with two attached hydrogens (primary N) is 1. The van der Waals surface area contributed by atoms with Crippen LogP contribution in [0.3, 0.4) is 0 Å². The number of carbonyl (C=O) groups is 1. The molecule has 1 rings (SSSR count). The maximum Gasteiger partial charge on any atom is 0.303 e. The van der Waals surface area contributed by atoms with Gasteiger partial charge in [0.1, 0.15) is 5.82 Å². The first-order valence-electron chi connectivity index (χ1n) is 4.27. The fraction of sp³-hybridized carbons (Fsp3) is 0.300. The molecular weight excluding hydrogens is 185 g/mol. The molecule has 0 aliphatic rings. The summed E-state index contributed by atoms with van der Waals surface area (Å²) >= 11 is 0. The number of nitrogen functional groups attached to an aromatic ring is 1. The Hall–Kier alpha value is -1.58. The van der Waals surface area contributed by atoms with Crippen LogP contribution in [0.5, 0.6) is 0 Å². The van der Waals surface area contributed by atoms with Crippen LogP contribution in [0.15, 0.2) is 18.2 Å². The third-order valence-corrected chi connectivity index (χ3v) is 2.07. The predicted molar refractivity (Wildman–Crippen MR) is 51.5 cm³/mol. The number of benzene rings is 1. The molecule has 76 valence electrons. The maximum atomic E-state index is 12.8.